The number of nitrogens with zero attached hydrogens (tertiary/aromatic N) is 1. The summed E-state index contributed by atoms with van der Waals surface area (Å²) < 4.78 is 5.59. The first kappa shape index (κ1) is 21.5. The molecule has 5 rings (SSSR count). The molecule has 2 heterocycles. The zero-order valence-corrected chi connectivity index (χ0v) is 18.6. The summed E-state index contributed by atoms with van der Waals surface area (Å²) in [6.07, 6.45) is 2.04. The van der Waals surface area contributed by atoms with Gasteiger partial charge in [0.15, 0.2) is 0 Å². The Morgan fingerprint density at radius 3 is 2.18 bits per heavy atom. The zero-order valence-electron chi connectivity index (χ0n) is 18.6. The summed E-state index contributed by atoms with van der Waals surface area (Å²) >= 11 is 0. The Labute approximate surface area is 192 Å². The Morgan fingerprint density at radius 1 is 1.06 bits per heavy atom. The van der Waals surface area contributed by atoms with Gasteiger partial charge in [-0.15, -0.1) is 0 Å². The number of carboxylic acids is 1. The van der Waals surface area contributed by atoms with Crippen molar-refractivity contribution < 1.29 is 24.2 Å². The lowest BCUT2D eigenvalue weighted by Gasteiger charge is -2.33. The molecule has 2 aromatic carbocycles. The fraction of sp³-hybridized carbons (Fsp3) is 0.423. The number of fused-ring (bicyclic) bond motifs is 5. The molecular formula is C26H28N2O5. The Morgan fingerprint density at radius 2 is 1.64 bits per heavy atom. The molecule has 1 aliphatic carbocycles. The third kappa shape index (κ3) is 3.37. The van der Waals surface area contributed by atoms with Crippen LogP contribution in [0.2, 0.25) is 0 Å². The molecule has 2 fully saturated rings. The van der Waals surface area contributed by atoms with E-state index in [-0.39, 0.29) is 24.5 Å². The van der Waals surface area contributed by atoms with E-state index >= 15 is 0 Å². The predicted molar refractivity (Wildman–Crippen MR) is 122 cm³/mol. The summed E-state index contributed by atoms with van der Waals surface area (Å²) in [5, 5.41) is 12.5. The third-order valence-corrected chi connectivity index (χ3v) is 7.59. The van der Waals surface area contributed by atoms with E-state index in [4.69, 9.17) is 4.74 Å². The van der Waals surface area contributed by atoms with Gasteiger partial charge in [-0.3, -0.25) is 4.79 Å². The number of hydrogen-bond acceptors (Lipinski definition) is 4. The first-order valence-corrected chi connectivity index (χ1v) is 11.6. The molecule has 3 aliphatic rings. The second-order valence-corrected chi connectivity index (χ2v) is 9.21. The lowest BCUT2D eigenvalue weighted by molar-refractivity contribution is -0.156. The van der Waals surface area contributed by atoms with Crippen LogP contribution in [0.3, 0.4) is 0 Å². The largest absolute Gasteiger partial charge is 0.479 e. The minimum atomic E-state index is -1.13. The molecule has 7 heteroatoms. The van der Waals surface area contributed by atoms with Crippen LogP contribution < -0.4 is 5.32 Å². The molecule has 172 valence electrons. The van der Waals surface area contributed by atoms with E-state index in [0.29, 0.717) is 32.1 Å². The predicted octanol–water partition coefficient (Wildman–Crippen LogP) is 3.91. The highest BCUT2D eigenvalue weighted by molar-refractivity contribution is 5.93. The van der Waals surface area contributed by atoms with Gasteiger partial charge >= 0.3 is 12.1 Å². The number of rotatable bonds is 6. The van der Waals surface area contributed by atoms with Gasteiger partial charge in [-0.2, -0.15) is 0 Å². The maximum atomic E-state index is 13.3. The van der Waals surface area contributed by atoms with Gasteiger partial charge in [0, 0.05) is 12.0 Å². The van der Waals surface area contributed by atoms with Crippen LogP contribution in [0, 0.1) is 0 Å². The van der Waals surface area contributed by atoms with Crippen LogP contribution in [0.1, 0.15) is 56.1 Å². The maximum Gasteiger partial charge on any atom is 0.407 e. The van der Waals surface area contributed by atoms with E-state index in [1.807, 2.05) is 36.4 Å². The summed E-state index contributed by atoms with van der Waals surface area (Å²) in [6, 6.07) is 15.3. The van der Waals surface area contributed by atoms with Crippen LogP contribution in [0.4, 0.5) is 4.79 Å². The maximum absolute atomic E-state index is 13.3. The second-order valence-electron chi connectivity index (χ2n) is 9.21. The Balaban J connectivity index is 1.27. The number of aliphatic carboxylic acids is 1. The number of carboxylic acid groups (broad SMARTS) is 1. The molecule has 33 heavy (non-hydrogen) atoms. The lowest BCUT2D eigenvalue weighted by Crippen LogP contribution is -2.57. The molecule has 2 amide bonds. The number of alkyl carbamates (subject to hydrolysis) is 1. The number of carbonyl (C=O) groups excluding carboxylic acids is 2. The summed E-state index contributed by atoms with van der Waals surface area (Å²) in [6.45, 7) is 1.97. The lowest BCUT2D eigenvalue weighted by atomic mass is 9.88. The highest BCUT2D eigenvalue weighted by Crippen LogP contribution is 2.47. The number of hydrogen-bond donors (Lipinski definition) is 2. The number of benzene rings is 2. The molecule has 0 aromatic heterocycles. The standard InChI is InChI=1S/C26H28N2O5/c1-2-22(23(29)28-16-11-13-26(28,14-12-16)24(30)31)27-25(32)33-15-21-19-9-5-3-7-17(19)18-8-4-6-10-20(18)21/h3-10,16,21-22H,2,11-15H2,1H3,(H,27,32)(H,30,31). The number of nitrogens with one attached hydrogen (secondary N) is 1. The Hall–Kier alpha value is -3.35. The van der Waals surface area contributed by atoms with Crippen molar-refractivity contribution in [3.8, 4) is 11.1 Å². The highest BCUT2D eigenvalue weighted by atomic mass is 16.5. The number of amides is 2. The van der Waals surface area contributed by atoms with Crippen molar-refractivity contribution in [3.05, 3.63) is 59.7 Å². The smallest absolute Gasteiger partial charge is 0.407 e. The van der Waals surface area contributed by atoms with E-state index < -0.39 is 23.6 Å². The van der Waals surface area contributed by atoms with Crippen LogP contribution in [-0.4, -0.2) is 52.2 Å². The molecule has 0 spiro atoms. The Bertz CT molecular complexity index is 1060. The molecule has 2 bridgehead atoms. The minimum absolute atomic E-state index is 0.0630. The highest BCUT2D eigenvalue weighted by Gasteiger charge is 2.59. The normalized spacial score (nSPS) is 23.7. The topological polar surface area (TPSA) is 95.9 Å². The Kier molecular flexibility index (Phi) is 5.35. The third-order valence-electron chi connectivity index (χ3n) is 7.59. The van der Waals surface area contributed by atoms with E-state index in [0.717, 1.165) is 22.3 Å². The van der Waals surface area contributed by atoms with Crippen molar-refractivity contribution in [2.24, 2.45) is 0 Å². The molecular weight excluding hydrogens is 420 g/mol. The van der Waals surface area contributed by atoms with Crippen molar-refractivity contribution in [1.29, 1.82) is 0 Å². The monoisotopic (exact) mass is 448 g/mol. The van der Waals surface area contributed by atoms with Crippen LogP contribution >= 0.6 is 0 Å². The van der Waals surface area contributed by atoms with Gasteiger partial charge in [-0.25, -0.2) is 9.59 Å². The molecule has 2 saturated heterocycles. The second kappa shape index (κ2) is 8.21. The van der Waals surface area contributed by atoms with Crippen molar-refractivity contribution in [3.63, 3.8) is 0 Å². The van der Waals surface area contributed by atoms with Crippen molar-refractivity contribution in [1.82, 2.24) is 10.2 Å². The van der Waals surface area contributed by atoms with Gasteiger partial charge in [0.1, 0.15) is 18.2 Å². The van der Waals surface area contributed by atoms with Gasteiger partial charge in [0.05, 0.1) is 0 Å². The van der Waals surface area contributed by atoms with Gasteiger partial charge in [0.25, 0.3) is 0 Å². The van der Waals surface area contributed by atoms with Gasteiger partial charge in [-0.05, 0) is 54.4 Å². The van der Waals surface area contributed by atoms with Crippen LogP contribution in [0.5, 0.6) is 0 Å². The van der Waals surface area contributed by atoms with E-state index in [9.17, 15) is 19.5 Å². The van der Waals surface area contributed by atoms with E-state index in [2.05, 4.69) is 17.4 Å². The fourth-order valence-corrected chi connectivity index (χ4v) is 5.93. The van der Waals surface area contributed by atoms with E-state index in [1.165, 1.54) is 4.90 Å². The zero-order chi connectivity index (χ0) is 23.2. The number of carbonyl (C=O) groups is 3. The molecule has 2 aliphatic heterocycles. The fourth-order valence-electron chi connectivity index (χ4n) is 5.93. The quantitative estimate of drug-likeness (QED) is 0.699. The van der Waals surface area contributed by atoms with Crippen molar-refractivity contribution in [2.45, 2.75) is 62.6 Å². The molecule has 2 N–H and O–H groups in total. The molecule has 0 radical (unpaired) electrons. The average molecular weight is 449 g/mol. The molecule has 1 unspecified atom stereocenters. The van der Waals surface area contributed by atoms with Crippen LogP contribution in [0.25, 0.3) is 11.1 Å². The van der Waals surface area contributed by atoms with E-state index in [1.54, 1.807) is 6.92 Å². The van der Waals surface area contributed by atoms with Crippen molar-refractivity contribution in [2.75, 3.05) is 6.61 Å². The summed E-state index contributed by atoms with van der Waals surface area (Å²) in [4.78, 5) is 39.4. The number of ether oxygens (including phenoxy) is 1. The molecule has 1 atom stereocenters. The molecule has 2 aromatic rings. The van der Waals surface area contributed by atoms with Gasteiger partial charge < -0.3 is 20.1 Å². The first-order valence-electron chi connectivity index (χ1n) is 11.6. The van der Waals surface area contributed by atoms with Crippen LogP contribution in [-0.2, 0) is 14.3 Å². The van der Waals surface area contributed by atoms with Gasteiger partial charge in [-0.1, -0.05) is 55.5 Å². The van der Waals surface area contributed by atoms with Crippen LogP contribution in [0.15, 0.2) is 48.5 Å². The SMILES string of the molecule is CCC(NC(=O)OCC1c2ccccc2-c2ccccc21)C(=O)N1C2CCC1(C(=O)O)CC2. The summed E-state index contributed by atoms with van der Waals surface area (Å²) in [7, 11) is 0. The van der Waals surface area contributed by atoms with Crippen molar-refractivity contribution >= 4 is 18.0 Å². The molecule has 0 saturated carbocycles. The summed E-state index contributed by atoms with van der Waals surface area (Å²) in [5.74, 6) is -1.34. The average Bonchev–Trinajstić information content (AvgIpc) is 3.49. The molecule has 7 nitrogen and oxygen atoms in total. The van der Waals surface area contributed by atoms with Gasteiger partial charge in [0.2, 0.25) is 5.91 Å². The summed E-state index contributed by atoms with van der Waals surface area (Å²) in [5.41, 5.74) is 3.40. The minimum Gasteiger partial charge on any atom is -0.479 e. The first-order chi connectivity index (χ1) is 16.0.